The minimum absolute atomic E-state index is 0.0485. The van der Waals surface area contributed by atoms with Gasteiger partial charge in [-0.1, -0.05) is 30.3 Å². The lowest BCUT2D eigenvalue weighted by Crippen LogP contribution is -1.93. The number of ketones is 1. The lowest BCUT2D eigenvalue weighted by molar-refractivity contribution is 0.101. The molecule has 1 heterocycles. The lowest BCUT2D eigenvalue weighted by Gasteiger charge is -2.04. The van der Waals surface area contributed by atoms with E-state index in [2.05, 4.69) is 23.2 Å². The molecule has 82 valence electrons. The molecule has 0 fully saturated rings. The van der Waals surface area contributed by atoms with Crippen LogP contribution in [0, 0.1) is 0 Å². The van der Waals surface area contributed by atoms with Crippen molar-refractivity contribution in [3.63, 3.8) is 0 Å². The first kappa shape index (κ1) is 9.97. The first-order valence-corrected chi connectivity index (χ1v) is 5.54. The average Bonchev–Trinajstić information content (AvgIpc) is 2.38. The number of aromatic nitrogens is 1. The second kappa shape index (κ2) is 3.67. The molecular weight excluding hydrogens is 210 g/mol. The van der Waals surface area contributed by atoms with Gasteiger partial charge in [0.25, 0.3) is 0 Å². The number of benzene rings is 2. The molecule has 2 nitrogen and oxygen atoms in total. The van der Waals surface area contributed by atoms with Gasteiger partial charge in [-0.3, -0.25) is 9.78 Å². The number of Topliss-reactive ketones (excluding diaryl/α,β-unsaturated/α-hetero) is 1. The molecule has 0 atom stereocenters. The summed E-state index contributed by atoms with van der Waals surface area (Å²) >= 11 is 0. The van der Waals surface area contributed by atoms with Gasteiger partial charge in [-0.05, 0) is 29.8 Å². The molecule has 0 aliphatic rings. The minimum Gasteiger partial charge on any atom is -0.294 e. The van der Waals surface area contributed by atoms with Gasteiger partial charge < -0.3 is 0 Å². The van der Waals surface area contributed by atoms with E-state index in [1.54, 1.807) is 13.1 Å². The summed E-state index contributed by atoms with van der Waals surface area (Å²) in [6.45, 7) is 1.56. The predicted octanol–water partition coefficient (Wildman–Crippen LogP) is 3.59. The van der Waals surface area contributed by atoms with Crippen molar-refractivity contribution in [2.75, 3.05) is 0 Å². The third-order valence-electron chi connectivity index (χ3n) is 3.00. The maximum Gasteiger partial charge on any atom is 0.161 e. The Morgan fingerprint density at radius 3 is 2.71 bits per heavy atom. The number of hydrogen-bond donors (Lipinski definition) is 0. The zero-order valence-corrected chi connectivity index (χ0v) is 9.47. The van der Waals surface area contributed by atoms with Crippen molar-refractivity contribution in [3.8, 4) is 0 Å². The zero-order valence-electron chi connectivity index (χ0n) is 9.47. The fourth-order valence-corrected chi connectivity index (χ4v) is 2.07. The van der Waals surface area contributed by atoms with Crippen LogP contribution >= 0.6 is 0 Å². The largest absolute Gasteiger partial charge is 0.294 e. The summed E-state index contributed by atoms with van der Waals surface area (Å²) in [6.07, 6.45) is 1.64. The highest BCUT2D eigenvalue weighted by molar-refractivity contribution is 6.08. The Kier molecular flexibility index (Phi) is 2.15. The number of rotatable bonds is 1. The smallest absolute Gasteiger partial charge is 0.161 e. The fraction of sp³-hybridized carbons (Fsp3) is 0.0667. The summed E-state index contributed by atoms with van der Waals surface area (Å²) in [6, 6.07) is 14.1. The van der Waals surface area contributed by atoms with Crippen molar-refractivity contribution in [3.05, 3.63) is 54.2 Å². The molecule has 17 heavy (non-hydrogen) atoms. The molecule has 0 saturated heterocycles. The van der Waals surface area contributed by atoms with Gasteiger partial charge in [0.05, 0.1) is 5.52 Å². The highest BCUT2D eigenvalue weighted by atomic mass is 16.1. The topological polar surface area (TPSA) is 30.0 Å². The molecule has 0 unspecified atom stereocenters. The van der Waals surface area contributed by atoms with Crippen molar-refractivity contribution in [1.29, 1.82) is 0 Å². The molecule has 0 N–H and O–H groups in total. The molecule has 0 spiro atoms. The van der Waals surface area contributed by atoms with Crippen LogP contribution in [0.15, 0.2) is 48.7 Å². The van der Waals surface area contributed by atoms with Gasteiger partial charge in [0, 0.05) is 17.1 Å². The average molecular weight is 221 g/mol. The van der Waals surface area contributed by atoms with E-state index < -0.39 is 0 Å². The Labute approximate surface area is 98.9 Å². The summed E-state index contributed by atoms with van der Waals surface area (Å²) in [4.78, 5) is 15.7. The molecule has 3 rings (SSSR count). The Morgan fingerprint density at radius 1 is 1.06 bits per heavy atom. The van der Waals surface area contributed by atoms with E-state index in [0.717, 1.165) is 16.3 Å². The SMILES string of the molecule is CC(=O)c1cnc2ccc3ccccc3c2c1. The number of carbonyl (C=O) groups is 1. The van der Waals surface area contributed by atoms with Crippen LogP contribution in [0.5, 0.6) is 0 Å². The van der Waals surface area contributed by atoms with Crippen LogP contribution in [0.3, 0.4) is 0 Å². The van der Waals surface area contributed by atoms with Gasteiger partial charge in [0.1, 0.15) is 0 Å². The number of pyridine rings is 1. The highest BCUT2D eigenvalue weighted by Gasteiger charge is 2.04. The van der Waals surface area contributed by atoms with E-state index in [-0.39, 0.29) is 5.78 Å². The van der Waals surface area contributed by atoms with E-state index in [1.165, 1.54) is 5.39 Å². The summed E-state index contributed by atoms with van der Waals surface area (Å²) in [7, 11) is 0. The number of fused-ring (bicyclic) bond motifs is 3. The highest BCUT2D eigenvalue weighted by Crippen LogP contribution is 2.24. The van der Waals surface area contributed by atoms with Crippen LogP contribution in [-0.2, 0) is 0 Å². The first-order valence-electron chi connectivity index (χ1n) is 5.54. The standard InChI is InChI=1S/C15H11NO/c1-10(17)12-8-14-13-5-3-2-4-11(13)6-7-15(14)16-9-12/h2-9H,1H3. The molecule has 0 amide bonds. The molecule has 2 aromatic carbocycles. The van der Waals surface area contributed by atoms with Gasteiger partial charge >= 0.3 is 0 Å². The van der Waals surface area contributed by atoms with Gasteiger partial charge in [-0.25, -0.2) is 0 Å². The summed E-state index contributed by atoms with van der Waals surface area (Å²) in [5, 5.41) is 3.35. The van der Waals surface area contributed by atoms with Crippen molar-refractivity contribution >= 4 is 27.5 Å². The molecule has 0 bridgehead atoms. The minimum atomic E-state index is 0.0485. The number of hydrogen-bond acceptors (Lipinski definition) is 2. The Bertz CT molecular complexity index is 731. The summed E-state index contributed by atoms with van der Waals surface area (Å²) in [5.74, 6) is 0.0485. The number of carbonyl (C=O) groups excluding carboxylic acids is 1. The van der Waals surface area contributed by atoms with Crippen LogP contribution in [0.25, 0.3) is 21.7 Å². The monoisotopic (exact) mass is 221 g/mol. The van der Waals surface area contributed by atoms with Gasteiger partial charge in [0.2, 0.25) is 0 Å². The summed E-state index contributed by atoms with van der Waals surface area (Å²) in [5.41, 5.74) is 1.59. The maximum absolute atomic E-state index is 11.4. The third-order valence-corrected chi connectivity index (χ3v) is 3.00. The second-order valence-electron chi connectivity index (χ2n) is 4.13. The van der Waals surface area contributed by atoms with Crippen molar-refractivity contribution in [1.82, 2.24) is 4.98 Å². The van der Waals surface area contributed by atoms with E-state index in [1.807, 2.05) is 24.3 Å². The Balaban J connectivity index is 2.46. The van der Waals surface area contributed by atoms with Crippen LogP contribution in [0.4, 0.5) is 0 Å². The Hall–Kier alpha value is -2.22. The van der Waals surface area contributed by atoms with Gasteiger partial charge in [0.15, 0.2) is 5.78 Å². The molecule has 0 radical (unpaired) electrons. The zero-order chi connectivity index (χ0) is 11.8. The fourth-order valence-electron chi connectivity index (χ4n) is 2.07. The van der Waals surface area contributed by atoms with Crippen molar-refractivity contribution in [2.45, 2.75) is 6.92 Å². The normalized spacial score (nSPS) is 10.9. The summed E-state index contributed by atoms with van der Waals surface area (Å²) < 4.78 is 0. The molecule has 1 aromatic heterocycles. The molecule has 2 heteroatoms. The van der Waals surface area contributed by atoms with Crippen LogP contribution in [0.1, 0.15) is 17.3 Å². The van der Waals surface area contributed by atoms with Gasteiger partial charge in [-0.15, -0.1) is 0 Å². The predicted molar refractivity (Wildman–Crippen MR) is 69.3 cm³/mol. The Morgan fingerprint density at radius 2 is 1.88 bits per heavy atom. The lowest BCUT2D eigenvalue weighted by atomic mass is 10.0. The van der Waals surface area contributed by atoms with Crippen LogP contribution in [-0.4, -0.2) is 10.8 Å². The number of nitrogens with zero attached hydrogens (tertiary/aromatic N) is 1. The molecule has 0 saturated carbocycles. The second-order valence-corrected chi connectivity index (χ2v) is 4.13. The quantitative estimate of drug-likeness (QED) is 0.464. The van der Waals surface area contributed by atoms with E-state index in [0.29, 0.717) is 5.56 Å². The third kappa shape index (κ3) is 1.58. The van der Waals surface area contributed by atoms with Crippen LogP contribution < -0.4 is 0 Å². The van der Waals surface area contributed by atoms with Crippen molar-refractivity contribution < 1.29 is 4.79 Å². The molecule has 3 aromatic rings. The van der Waals surface area contributed by atoms with Crippen LogP contribution in [0.2, 0.25) is 0 Å². The van der Waals surface area contributed by atoms with Crippen molar-refractivity contribution in [2.24, 2.45) is 0 Å². The first-order chi connectivity index (χ1) is 8.25. The van der Waals surface area contributed by atoms with E-state index in [9.17, 15) is 4.79 Å². The van der Waals surface area contributed by atoms with E-state index >= 15 is 0 Å². The maximum atomic E-state index is 11.4. The van der Waals surface area contributed by atoms with Gasteiger partial charge in [-0.2, -0.15) is 0 Å². The molecular formula is C15H11NO. The molecule has 0 aliphatic carbocycles. The molecule has 0 aliphatic heterocycles. The van der Waals surface area contributed by atoms with E-state index in [4.69, 9.17) is 0 Å².